The summed E-state index contributed by atoms with van der Waals surface area (Å²) in [6.45, 7) is 6.19. The number of hydrogen-bond acceptors (Lipinski definition) is 6. The van der Waals surface area contributed by atoms with Crippen LogP contribution < -0.4 is 5.23 Å². The fourth-order valence-electron chi connectivity index (χ4n) is 3.22. The van der Waals surface area contributed by atoms with E-state index in [-0.39, 0.29) is 46.6 Å². The molecule has 1 aromatic rings. The normalized spacial score (nSPS) is 24.1. The summed E-state index contributed by atoms with van der Waals surface area (Å²) in [6.07, 6.45) is 1.86. The van der Waals surface area contributed by atoms with Gasteiger partial charge in [0, 0.05) is 5.92 Å². The molecule has 0 aromatic heterocycles. The maximum Gasteiger partial charge on any atom is 0.338 e. The van der Waals surface area contributed by atoms with E-state index in [1.54, 1.807) is 0 Å². The minimum atomic E-state index is -0.538. The lowest BCUT2D eigenvalue weighted by Gasteiger charge is -2.34. The van der Waals surface area contributed by atoms with E-state index >= 15 is 0 Å². The van der Waals surface area contributed by atoms with Gasteiger partial charge in [-0.05, 0) is 48.9 Å². The molecule has 0 amide bonds. The summed E-state index contributed by atoms with van der Waals surface area (Å²) >= 11 is 0. The number of esters is 1. The van der Waals surface area contributed by atoms with Gasteiger partial charge in [-0.1, -0.05) is 20.8 Å². The van der Waals surface area contributed by atoms with Gasteiger partial charge >= 0.3 is 5.97 Å². The van der Waals surface area contributed by atoms with Crippen LogP contribution in [0.15, 0.2) is 24.3 Å². The highest BCUT2D eigenvalue weighted by atomic mass is 16.8. The first-order chi connectivity index (χ1) is 11.3. The minimum Gasteiger partial charge on any atom is -0.733 e. The molecule has 3 atom stereocenters. The zero-order valence-electron chi connectivity index (χ0n) is 14.3. The lowest BCUT2D eigenvalue weighted by atomic mass is 9.70. The van der Waals surface area contributed by atoms with Gasteiger partial charge in [0.05, 0.1) is 17.2 Å². The number of hydrogen-bond donors (Lipinski definition) is 1. The van der Waals surface area contributed by atoms with Crippen molar-refractivity contribution in [2.24, 2.45) is 23.7 Å². The average molecular weight is 334 g/mol. The number of anilines is 1. The summed E-state index contributed by atoms with van der Waals surface area (Å²) in [5, 5.41) is 19.2. The molecule has 0 aliphatic heterocycles. The first-order valence-electron chi connectivity index (χ1n) is 8.28. The molecule has 6 heteroatoms. The molecule has 1 aromatic carbocycles. The van der Waals surface area contributed by atoms with E-state index < -0.39 is 5.97 Å². The molecule has 1 saturated carbocycles. The van der Waals surface area contributed by atoms with Crippen molar-refractivity contribution in [1.82, 2.24) is 0 Å². The minimum absolute atomic E-state index is 0.0300. The Kier molecular flexibility index (Phi) is 5.96. The number of carbonyl (C=O) groups is 2. The van der Waals surface area contributed by atoms with Crippen molar-refractivity contribution >= 4 is 17.4 Å². The van der Waals surface area contributed by atoms with Gasteiger partial charge in [-0.3, -0.25) is 10.0 Å². The Morgan fingerprint density at radius 3 is 2.50 bits per heavy atom. The second-order valence-electron chi connectivity index (χ2n) is 6.83. The molecule has 0 bridgehead atoms. The molecule has 1 aliphatic rings. The Morgan fingerprint density at radius 1 is 1.33 bits per heavy atom. The molecule has 0 saturated heterocycles. The number of ketones is 1. The lowest BCUT2D eigenvalue weighted by Crippen LogP contribution is -2.39. The number of benzene rings is 1. The molecule has 0 spiro atoms. The number of ether oxygens (including phenoxy) is 1. The van der Waals surface area contributed by atoms with Crippen LogP contribution in [0.4, 0.5) is 5.69 Å². The molecule has 6 nitrogen and oxygen atoms in total. The molecule has 24 heavy (non-hydrogen) atoms. The van der Waals surface area contributed by atoms with Crippen LogP contribution in [0.2, 0.25) is 0 Å². The second-order valence-corrected chi connectivity index (χ2v) is 6.83. The van der Waals surface area contributed by atoms with Gasteiger partial charge in [-0.25, -0.2) is 4.79 Å². The Bertz CT molecular complexity index is 582. The predicted molar refractivity (Wildman–Crippen MR) is 89.6 cm³/mol. The SMILES string of the molecule is CC(C)[C@@H]1CC[C@@H](C)[C@@H](COC(=O)c2ccc(N([O-])O)cc2)C1=O. The average Bonchev–Trinajstić information content (AvgIpc) is 2.54. The number of Topliss-reactive ketones (excluding diaryl/α,β-unsaturated/α-hetero) is 1. The van der Waals surface area contributed by atoms with Crippen LogP contribution in [0, 0.1) is 28.9 Å². The maximum absolute atomic E-state index is 12.6. The van der Waals surface area contributed by atoms with E-state index in [4.69, 9.17) is 9.94 Å². The summed E-state index contributed by atoms with van der Waals surface area (Å²) in [6, 6.07) is 5.46. The van der Waals surface area contributed by atoms with E-state index in [1.807, 2.05) is 20.8 Å². The van der Waals surface area contributed by atoms with Crippen LogP contribution in [0.3, 0.4) is 0 Å². The zero-order chi connectivity index (χ0) is 17.9. The van der Waals surface area contributed by atoms with Crippen LogP contribution in [0.25, 0.3) is 0 Å². The largest absolute Gasteiger partial charge is 0.733 e. The van der Waals surface area contributed by atoms with E-state index in [0.717, 1.165) is 12.8 Å². The summed E-state index contributed by atoms with van der Waals surface area (Å²) in [5.74, 6) is -0.0751. The van der Waals surface area contributed by atoms with Crippen LogP contribution >= 0.6 is 0 Å². The zero-order valence-corrected chi connectivity index (χ0v) is 14.3. The van der Waals surface area contributed by atoms with Crippen LogP contribution in [0.1, 0.15) is 44.0 Å². The molecule has 1 N–H and O–H groups in total. The standard InChI is InChI=1S/C18H24NO5/c1-11(2)15-9-4-12(3)16(17(15)20)10-24-18(21)13-5-7-14(8-6-13)19(22)23/h5-8,11-12,15-16,22H,4,9-10H2,1-3H3/q-1/t12-,15+,16-/m1/s1. The van der Waals surface area contributed by atoms with Crippen molar-refractivity contribution in [3.8, 4) is 0 Å². The molecule has 1 fully saturated rings. The van der Waals surface area contributed by atoms with E-state index in [1.165, 1.54) is 24.3 Å². The third kappa shape index (κ3) is 4.13. The number of rotatable bonds is 5. The fourth-order valence-corrected chi connectivity index (χ4v) is 3.22. The van der Waals surface area contributed by atoms with Gasteiger partial charge in [0.15, 0.2) is 0 Å². The molecule has 0 unspecified atom stereocenters. The van der Waals surface area contributed by atoms with Gasteiger partial charge in [-0.15, -0.1) is 0 Å². The topological polar surface area (TPSA) is 89.9 Å². The Hall–Kier alpha value is -1.92. The summed E-state index contributed by atoms with van der Waals surface area (Å²) < 4.78 is 5.32. The molecule has 1 aliphatic carbocycles. The van der Waals surface area contributed by atoms with Crippen molar-refractivity contribution in [1.29, 1.82) is 0 Å². The first kappa shape index (κ1) is 18.4. The van der Waals surface area contributed by atoms with Crippen LogP contribution in [-0.4, -0.2) is 23.6 Å². The monoisotopic (exact) mass is 334 g/mol. The third-order valence-corrected chi connectivity index (χ3v) is 4.87. The highest BCUT2D eigenvalue weighted by Gasteiger charge is 2.37. The molecule has 0 heterocycles. The Labute approximate surface area is 141 Å². The highest BCUT2D eigenvalue weighted by molar-refractivity contribution is 5.90. The van der Waals surface area contributed by atoms with Gasteiger partial charge in [0.25, 0.3) is 0 Å². The molecule has 132 valence electrons. The van der Waals surface area contributed by atoms with E-state index in [9.17, 15) is 14.8 Å². The fraction of sp³-hybridized carbons (Fsp3) is 0.556. The summed E-state index contributed by atoms with van der Waals surface area (Å²) in [5.41, 5.74) is 0.305. The Morgan fingerprint density at radius 2 is 1.96 bits per heavy atom. The second kappa shape index (κ2) is 7.77. The van der Waals surface area contributed by atoms with Crippen molar-refractivity contribution in [3.05, 3.63) is 35.0 Å². The van der Waals surface area contributed by atoms with Gasteiger partial charge in [-0.2, -0.15) is 0 Å². The molecule has 0 radical (unpaired) electrons. The van der Waals surface area contributed by atoms with Crippen LogP contribution in [-0.2, 0) is 9.53 Å². The van der Waals surface area contributed by atoms with Crippen LogP contribution in [0.5, 0.6) is 0 Å². The van der Waals surface area contributed by atoms with Crippen molar-refractivity contribution in [3.63, 3.8) is 0 Å². The highest BCUT2D eigenvalue weighted by Crippen LogP contribution is 2.34. The van der Waals surface area contributed by atoms with Crippen molar-refractivity contribution in [2.75, 3.05) is 11.8 Å². The first-order valence-corrected chi connectivity index (χ1v) is 8.28. The molecular weight excluding hydrogens is 310 g/mol. The van der Waals surface area contributed by atoms with E-state index in [0.29, 0.717) is 5.92 Å². The third-order valence-electron chi connectivity index (χ3n) is 4.87. The molecule has 2 rings (SSSR count). The van der Waals surface area contributed by atoms with Gasteiger partial charge in [0.2, 0.25) is 0 Å². The molecular formula is C18H24NO5-. The van der Waals surface area contributed by atoms with Gasteiger partial charge < -0.3 is 15.2 Å². The quantitative estimate of drug-likeness (QED) is 0.655. The van der Waals surface area contributed by atoms with Crippen molar-refractivity contribution < 1.29 is 19.5 Å². The van der Waals surface area contributed by atoms with E-state index in [2.05, 4.69) is 0 Å². The summed E-state index contributed by atoms with van der Waals surface area (Å²) in [4.78, 5) is 24.7. The predicted octanol–water partition coefficient (Wildman–Crippen LogP) is 3.42. The maximum atomic E-state index is 12.6. The number of nitrogens with zero attached hydrogens (tertiary/aromatic N) is 1. The van der Waals surface area contributed by atoms with Gasteiger partial charge in [0.1, 0.15) is 12.4 Å². The smallest absolute Gasteiger partial charge is 0.338 e. The number of carbonyl (C=O) groups excluding carboxylic acids is 2. The van der Waals surface area contributed by atoms with Crippen molar-refractivity contribution in [2.45, 2.75) is 33.6 Å². The Balaban J connectivity index is 1.98. The lowest BCUT2D eigenvalue weighted by molar-refractivity contribution is -0.134. The summed E-state index contributed by atoms with van der Waals surface area (Å²) in [7, 11) is 0.